The van der Waals surface area contributed by atoms with Crippen molar-refractivity contribution in [2.75, 3.05) is 5.73 Å². The zero-order valence-corrected chi connectivity index (χ0v) is 10.1. The lowest BCUT2D eigenvalue weighted by molar-refractivity contribution is -0.136. The number of fused-ring (bicyclic) bond motifs is 1. The van der Waals surface area contributed by atoms with E-state index in [4.69, 9.17) is 9.85 Å². The molecule has 7 heteroatoms. The fourth-order valence-corrected chi connectivity index (χ4v) is 2.35. The van der Waals surface area contributed by atoms with Gasteiger partial charge in [-0.15, -0.1) is 0 Å². The van der Waals surface area contributed by atoms with E-state index in [1.165, 1.54) is 0 Å². The van der Waals surface area contributed by atoms with Crippen LogP contribution in [-0.4, -0.2) is 34.6 Å². The zero-order chi connectivity index (χ0) is 17.0. The first kappa shape index (κ1) is 9.24. The number of nitrogens with one attached hydrogen (secondary N) is 1. The van der Waals surface area contributed by atoms with E-state index in [-0.39, 0.29) is 29.7 Å². The number of nitrogens with zero attached hydrogens (tertiary/aromatic N) is 1. The van der Waals surface area contributed by atoms with Crippen molar-refractivity contribution < 1.29 is 23.3 Å². The molecule has 20 heavy (non-hydrogen) atoms. The van der Waals surface area contributed by atoms with Crippen LogP contribution in [0.5, 0.6) is 0 Å². The molecule has 0 radical (unpaired) electrons. The zero-order valence-electron chi connectivity index (χ0n) is 13.1. The van der Waals surface area contributed by atoms with Crippen molar-refractivity contribution in [3.8, 4) is 0 Å². The molecule has 1 aromatic rings. The van der Waals surface area contributed by atoms with Gasteiger partial charge in [0.05, 0.1) is 15.2 Å². The highest BCUT2D eigenvalue weighted by atomic mass is 16.2. The van der Waals surface area contributed by atoms with Crippen LogP contribution >= 0.6 is 0 Å². The van der Waals surface area contributed by atoms with E-state index < -0.39 is 47.8 Å². The largest absolute Gasteiger partial charge is 0.398 e. The van der Waals surface area contributed by atoms with Crippen LogP contribution in [0.15, 0.2) is 18.1 Å². The molecule has 0 aromatic heterocycles. The number of nitrogen functional groups attached to an aromatic ring is 1. The summed E-state index contributed by atoms with van der Waals surface area (Å²) < 4.78 is 23.1. The van der Waals surface area contributed by atoms with Gasteiger partial charge in [0.15, 0.2) is 0 Å². The van der Waals surface area contributed by atoms with Crippen LogP contribution < -0.4 is 11.1 Å². The van der Waals surface area contributed by atoms with E-state index in [0.29, 0.717) is 4.90 Å². The molecule has 1 atom stereocenters. The van der Waals surface area contributed by atoms with Crippen molar-refractivity contribution in [1.29, 1.82) is 0 Å². The van der Waals surface area contributed by atoms with E-state index in [0.717, 1.165) is 0 Å². The summed E-state index contributed by atoms with van der Waals surface area (Å²) in [5.74, 6) is -3.08. The molecular formula is C13H11N3O4. The quantitative estimate of drug-likeness (QED) is 0.539. The molecule has 0 aliphatic carbocycles. The third-order valence-electron chi connectivity index (χ3n) is 3.29. The Morgan fingerprint density at radius 3 is 2.70 bits per heavy atom. The average Bonchev–Trinajstić information content (AvgIpc) is 2.75. The Labute approximate surface area is 117 Å². The van der Waals surface area contributed by atoms with Crippen LogP contribution in [0.4, 0.5) is 5.69 Å². The number of anilines is 1. The van der Waals surface area contributed by atoms with Gasteiger partial charge in [-0.2, -0.15) is 0 Å². The second-order valence-corrected chi connectivity index (χ2v) is 4.49. The van der Waals surface area contributed by atoms with Crippen molar-refractivity contribution in [2.45, 2.75) is 18.9 Å². The fraction of sp³-hybridized carbons (Fsp3) is 0.231. The summed E-state index contributed by atoms with van der Waals surface area (Å²) in [6, 6.07) is -2.83. The highest BCUT2D eigenvalue weighted by Crippen LogP contribution is 2.30. The molecule has 0 saturated carbocycles. The Hall–Kier alpha value is -2.70. The number of benzene rings is 1. The Kier molecular flexibility index (Phi) is 1.92. The van der Waals surface area contributed by atoms with Crippen molar-refractivity contribution in [2.24, 2.45) is 0 Å². The Bertz CT molecular complexity index is 761. The Morgan fingerprint density at radius 1 is 1.25 bits per heavy atom. The molecule has 7 nitrogen and oxygen atoms in total. The monoisotopic (exact) mass is 276 g/mol. The van der Waals surface area contributed by atoms with Crippen LogP contribution in [0.1, 0.15) is 37.7 Å². The smallest absolute Gasteiger partial charge is 0.264 e. The van der Waals surface area contributed by atoms with E-state index in [1.807, 2.05) is 5.32 Å². The average molecular weight is 276 g/mol. The van der Waals surface area contributed by atoms with Gasteiger partial charge < -0.3 is 5.73 Å². The van der Waals surface area contributed by atoms with Crippen molar-refractivity contribution >= 4 is 29.3 Å². The van der Waals surface area contributed by atoms with Gasteiger partial charge in [-0.05, 0) is 18.5 Å². The van der Waals surface area contributed by atoms with Gasteiger partial charge in [0, 0.05) is 12.1 Å². The summed E-state index contributed by atoms with van der Waals surface area (Å²) in [6.07, 6.45) is -0.0503. The number of hydrogen-bond acceptors (Lipinski definition) is 5. The van der Waals surface area contributed by atoms with Crippen LogP contribution in [0, 0.1) is 0 Å². The number of carbonyl (C=O) groups excluding carboxylic acids is 4. The number of hydrogen-bond donors (Lipinski definition) is 2. The number of piperidine rings is 1. The Balaban J connectivity index is 2.12. The lowest BCUT2D eigenvalue weighted by Crippen LogP contribution is -2.54. The Morgan fingerprint density at radius 2 is 2.00 bits per heavy atom. The van der Waals surface area contributed by atoms with E-state index in [2.05, 4.69) is 0 Å². The summed E-state index contributed by atoms with van der Waals surface area (Å²) >= 11 is 0. The predicted octanol–water partition coefficient (Wildman–Crippen LogP) is -0.330. The molecule has 1 aromatic carbocycles. The first-order valence-corrected chi connectivity index (χ1v) is 5.86. The normalized spacial score (nSPS) is 24.1. The number of nitrogens with two attached hydrogens (primary N) is 1. The minimum Gasteiger partial charge on any atom is -0.398 e. The molecule has 1 fully saturated rings. The molecule has 2 aliphatic heterocycles. The summed E-state index contributed by atoms with van der Waals surface area (Å²) in [5.41, 5.74) is 4.59. The minimum absolute atomic E-state index is 0.0230. The summed E-state index contributed by atoms with van der Waals surface area (Å²) in [4.78, 5) is 48.7. The molecule has 102 valence electrons. The van der Waals surface area contributed by atoms with Gasteiger partial charge in [-0.3, -0.25) is 29.4 Å². The summed E-state index contributed by atoms with van der Waals surface area (Å²) in [5, 5.41) is 2.05. The molecule has 2 heterocycles. The first-order chi connectivity index (χ1) is 10.8. The second-order valence-electron chi connectivity index (χ2n) is 4.49. The topological polar surface area (TPSA) is 110 Å². The van der Waals surface area contributed by atoms with Gasteiger partial charge in [0.2, 0.25) is 11.8 Å². The lowest BCUT2D eigenvalue weighted by Gasteiger charge is -2.27. The first-order valence-electron chi connectivity index (χ1n) is 7.36. The van der Waals surface area contributed by atoms with E-state index >= 15 is 0 Å². The number of imide groups is 2. The lowest BCUT2D eigenvalue weighted by atomic mass is 10.0. The van der Waals surface area contributed by atoms with Crippen molar-refractivity contribution in [3.05, 3.63) is 29.3 Å². The van der Waals surface area contributed by atoms with Crippen LogP contribution in [0.3, 0.4) is 0 Å². The van der Waals surface area contributed by atoms with Gasteiger partial charge in [-0.1, -0.05) is 6.04 Å². The van der Waals surface area contributed by atoms with Gasteiger partial charge in [0.25, 0.3) is 11.8 Å². The third-order valence-corrected chi connectivity index (χ3v) is 3.29. The molecule has 0 unspecified atom stereocenters. The maximum Gasteiger partial charge on any atom is 0.264 e. The molecule has 3 N–H and O–H groups in total. The van der Waals surface area contributed by atoms with Gasteiger partial charge in [0.1, 0.15) is 6.04 Å². The highest BCUT2D eigenvalue weighted by Gasteiger charge is 2.45. The predicted molar refractivity (Wildman–Crippen MR) is 67.5 cm³/mol. The molecule has 2 aliphatic rings. The number of rotatable bonds is 1. The standard InChI is InChI=1S/C13H11N3O4/c14-7-3-1-2-6-10(7)13(20)16(12(6)19)8-4-5-9(17)15-11(8)18/h1-3,8H,4-5,14H2,(H,15,17,18)/t8-/m0/s1/i1D,2D,3D. The summed E-state index contributed by atoms with van der Waals surface area (Å²) in [7, 11) is 0. The maximum absolute atomic E-state index is 12.5. The molecule has 0 spiro atoms. The molecule has 0 bridgehead atoms. The number of carbonyl (C=O) groups is 4. The maximum atomic E-state index is 12.5. The summed E-state index contributed by atoms with van der Waals surface area (Å²) in [6.45, 7) is 0. The second kappa shape index (κ2) is 4.16. The van der Waals surface area contributed by atoms with Crippen LogP contribution in [0.25, 0.3) is 0 Å². The van der Waals surface area contributed by atoms with Crippen molar-refractivity contribution in [1.82, 2.24) is 10.2 Å². The third kappa shape index (κ3) is 1.59. The van der Waals surface area contributed by atoms with Gasteiger partial charge >= 0.3 is 0 Å². The fourth-order valence-electron chi connectivity index (χ4n) is 2.35. The minimum atomic E-state index is -1.18. The van der Waals surface area contributed by atoms with Crippen LogP contribution in [-0.2, 0) is 9.59 Å². The van der Waals surface area contributed by atoms with E-state index in [1.54, 1.807) is 0 Å². The SMILES string of the molecule is [2H]c1c([2H])c(N)c2c(c1[2H])C(=O)N([C@H]1CCC(=O)NC1=O)C2=O. The van der Waals surface area contributed by atoms with Crippen molar-refractivity contribution in [3.63, 3.8) is 0 Å². The van der Waals surface area contributed by atoms with Gasteiger partial charge in [-0.25, -0.2) is 0 Å². The molecule has 4 amide bonds. The van der Waals surface area contributed by atoms with E-state index in [9.17, 15) is 19.2 Å². The molecule has 3 rings (SSSR count). The number of amides is 4. The highest BCUT2D eigenvalue weighted by molar-refractivity contribution is 6.25. The molecular weight excluding hydrogens is 262 g/mol. The molecule has 1 saturated heterocycles. The van der Waals surface area contributed by atoms with Crippen LogP contribution in [0.2, 0.25) is 0 Å².